The Balaban J connectivity index is 1.42. The molecule has 9 heteroatoms. The topological polar surface area (TPSA) is 75.5 Å². The summed E-state index contributed by atoms with van der Waals surface area (Å²) in [5.74, 6) is -0.718. The van der Waals surface area contributed by atoms with Crippen molar-refractivity contribution in [2.45, 2.75) is 45.1 Å². The fourth-order valence-corrected chi connectivity index (χ4v) is 6.13. The molecular formula is C26H31FN4O3S. The fraction of sp³-hybridized carbons (Fsp3) is 0.385. The normalized spacial score (nSPS) is 15.3. The Bertz CT molecular complexity index is 1330. The van der Waals surface area contributed by atoms with Gasteiger partial charge in [0.25, 0.3) is 0 Å². The van der Waals surface area contributed by atoms with Gasteiger partial charge in [0.2, 0.25) is 15.9 Å². The average molecular weight is 499 g/mol. The lowest BCUT2D eigenvalue weighted by Crippen LogP contribution is -2.43. The van der Waals surface area contributed by atoms with Gasteiger partial charge in [-0.05, 0) is 69.5 Å². The van der Waals surface area contributed by atoms with E-state index in [0.717, 1.165) is 40.3 Å². The number of carbonyl (C=O) groups is 1. The first-order chi connectivity index (χ1) is 16.6. The second-order valence-electron chi connectivity index (χ2n) is 9.17. The van der Waals surface area contributed by atoms with Crippen LogP contribution in [0.4, 0.5) is 4.39 Å². The SMILES string of the molecule is Cc1ccccc1-n1nc(C)c(CN(C)C(=O)C2CCN(S(=O)(=O)c3ccc(F)cc3)CC2)c1C. The first kappa shape index (κ1) is 25.1. The van der Waals surface area contributed by atoms with E-state index >= 15 is 0 Å². The second kappa shape index (κ2) is 9.91. The monoisotopic (exact) mass is 498 g/mol. The number of rotatable bonds is 6. The lowest BCUT2D eigenvalue weighted by Gasteiger charge is -2.32. The summed E-state index contributed by atoms with van der Waals surface area (Å²) >= 11 is 0. The summed E-state index contributed by atoms with van der Waals surface area (Å²) in [6.45, 7) is 6.97. The Morgan fingerprint density at radius 2 is 1.69 bits per heavy atom. The van der Waals surface area contributed by atoms with Crippen molar-refractivity contribution in [1.82, 2.24) is 19.0 Å². The van der Waals surface area contributed by atoms with Crippen molar-refractivity contribution >= 4 is 15.9 Å². The van der Waals surface area contributed by atoms with Gasteiger partial charge < -0.3 is 4.90 Å². The van der Waals surface area contributed by atoms with Crippen molar-refractivity contribution in [3.63, 3.8) is 0 Å². The van der Waals surface area contributed by atoms with Gasteiger partial charge >= 0.3 is 0 Å². The first-order valence-corrected chi connectivity index (χ1v) is 13.2. The number of amides is 1. The maximum atomic E-state index is 13.2. The van der Waals surface area contributed by atoms with E-state index in [1.807, 2.05) is 49.7 Å². The highest BCUT2D eigenvalue weighted by molar-refractivity contribution is 7.89. The van der Waals surface area contributed by atoms with E-state index in [2.05, 4.69) is 0 Å². The second-order valence-corrected chi connectivity index (χ2v) is 11.1. The van der Waals surface area contributed by atoms with E-state index in [9.17, 15) is 17.6 Å². The Labute approximate surface area is 206 Å². The Morgan fingerprint density at radius 3 is 2.31 bits per heavy atom. The Hall–Kier alpha value is -3.04. The number of nitrogens with zero attached hydrogens (tertiary/aromatic N) is 4. The summed E-state index contributed by atoms with van der Waals surface area (Å²) in [4.78, 5) is 15.0. The molecule has 2 heterocycles. The molecular weight excluding hydrogens is 467 g/mol. The van der Waals surface area contributed by atoms with Crippen molar-refractivity contribution in [2.24, 2.45) is 5.92 Å². The molecule has 1 fully saturated rings. The number of hydrogen-bond acceptors (Lipinski definition) is 4. The maximum absolute atomic E-state index is 13.2. The highest BCUT2D eigenvalue weighted by atomic mass is 32.2. The molecule has 0 bridgehead atoms. The molecule has 186 valence electrons. The number of para-hydroxylation sites is 1. The lowest BCUT2D eigenvalue weighted by molar-refractivity contribution is -0.135. The summed E-state index contributed by atoms with van der Waals surface area (Å²) < 4.78 is 42.2. The first-order valence-electron chi connectivity index (χ1n) is 11.7. The molecule has 1 aliphatic rings. The van der Waals surface area contributed by atoms with Gasteiger partial charge in [0.05, 0.1) is 16.3 Å². The summed E-state index contributed by atoms with van der Waals surface area (Å²) in [5.41, 5.74) is 5.03. The standard InChI is InChI=1S/C26H31FN4O3S/c1-18-7-5-6-8-25(18)31-20(3)24(19(2)28-31)17-29(4)26(32)21-13-15-30(16-14-21)35(33,34)23-11-9-22(27)10-12-23/h5-12,21H,13-17H2,1-4H3. The average Bonchev–Trinajstić information content (AvgIpc) is 3.12. The molecule has 0 radical (unpaired) electrons. The zero-order chi connectivity index (χ0) is 25.3. The Kier molecular flexibility index (Phi) is 7.10. The molecule has 3 aromatic rings. The van der Waals surface area contributed by atoms with Crippen LogP contribution in [-0.4, -0.2) is 53.4 Å². The van der Waals surface area contributed by atoms with Gasteiger partial charge in [0, 0.05) is 43.9 Å². The van der Waals surface area contributed by atoms with Crippen LogP contribution in [-0.2, 0) is 21.4 Å². The highest BCUT2D eigenvalue weighted by Gasteiger charge is 2.33. The predicted molar refractivity (Wildman–Crippen MR) is 132 cm³/mol. The zero-order valence-corrected chi connectivity index (χ0v) is 21.3. The molecule has 1 aromatic heterocycles. The van der Waals surface area contributed by atoms with E-state index in [-0.39, 0.29) is 29.8 Å². The fourth-order valence-electron chi connectivity index (χ4n) is 4.66. The maximum Gasteiger partial charge on any atom is 0.243 e. The van der Waals surface area contributed by atoms with E-state index < -0.39 is 15.8 Å². The molecule has 1 aliphatic heterocycles. The van der Waals surface area contributed by atoms with E-state index in [1.165, 1.54) is 16.4 Å². The molecule has 4 rings (SSSR count). The van der Waals surface area contributed by atoms with Crippen molar-refractivity contribution in [1.29, 1.82) is 0 Å². The quantitative estimate of drug-likeness (QED) is 0.515. The van der Waals surface area contributed by atoms with Gasteiger partial charge in [-0.1, -0.05) is 18.2 Å². The van der Waals surface area contributed by atoms with Gasteiger partial charge in [0.1, 0.15) is 5.82 Å². The number of hydrogen-bond donors (Lipinski definition) is 0. The van der Waals surface area contributed by atoms with Crippen LogP contribution in [0.3, 0.4) is 0 Å². The van der Waals surface area contributed by atoms with Crippen LogP contribution >= 0.6 is 0 Å². The van der Waals surface area contributed by atoms with Crippen molar-refractivity contribution in [3.05, 3.63) is 76.9 Å². The van der Waals surface area contributed by atoms with Crippen molar-refractivity contribution in [2.75, 3.05) is 20.1 Å². The summed E-state index contributed by atoms with van der Waals surface area (Å²) in [5, 5.41) is 4.72. The number of aromatic nitrogens is 2. The minimum atomic E-state index is -3.70. The third-order valence-corrected chi connectivity index (χ3v) is 8.72. The largest absolute Gasteiger partial charge is 0.341 e. The van der Waals surface area contributed by atoms with Crippen molar-refractivity contribution < 1.29 is 17.6 Å². The van der Waals surface area contributed by atoms with Gasteiger partial charge in [-0.3, -0.25) is 4.79 Å². The van der Waals surface area contributed by atoms with Crippen LogP contribution < -0.4 is 0 Å². The molecule has 1 saturated heterocycles. The number of benzene rings is 2. The molecule has 0 saturated carbocycles. The van der Waals surface area contributed by atoms with Gasteiger partial charge in [-0.25, -0.2) is 17.5 Å². The number of carbonyl (C=O) groups excluding carboxylic acids is 1. The minimum Gasteiger partial charge on any atom is -0.341 e. The molecule has 7 nitrogen and oxygen atoms in total. The number of aryl methyl sites for hydroxylation is 2. The van der Waals surface area contributed by atoms with Crippen LogP contribution in [0.5, 0.6) is 0 Å². The molecule has 0 N–H and O–H groups in total. The minimum absolute atomic E-state index is 0.00581. The van der Waals surface area contributed by atoms with Crippen LogP contribution in [0.25, 0.3) is 5.69 Å². The van der Waals surface area contributed by atoms with Gasteiger partial charge in [-0.15, -0.1) is 0 Å². The number of piperidine rings is 1. The third-order valence-electron chi connectivity index (χ3n) is 6.81. The summed E-state index contributed by atoms with van der Waals surface area (Å²) in [6.07, 6.45) is 0.897. The third kappa shape index (κ3) is 5.01. The van der Waals surface area contributed by atoms with Crippen LogP contribution in [0.1, 0.15) is 35.4 Å². The van der Waals surface area contributed by atoms with Crippen molar-refractivity contribution in [3.8, 4) is 5.69 Å². The molecule has 0 aliphatic carbocycles. The number of sulfonamides is 1. The molecule has 1 amide bonds. The zero-order valence-electron chi connectivity index (χ0n) is 20.5. The van der Waals surface area contributed by atoms with Crippen LogP contribution in [0, 0.1) is 32.5 Å². The summed E-state index contributed by atoms with van der Waals surface area (Å²) in [6, 6.07) is 12.9. The smallest absolute Gasteiger partial charge is 0.243 e. The summed E-state index contributed by atoms with van der Waals surface area (Å²) in [7, 11) is -1.92. The van der Waals surface area contributed by atoms with Gasteiger partial charge in [0.15, 0.2) is 0 Å². The van der Waals surface area contributed by atoms with E-state index in [0.29, 0.717) is 19.4 Å². The number of halogens is 1. The van der Waals surface area contributed by atoms with E-state index in [1.54, 1.807) is 11.9 Å². The predicted octanol–water partition coefficient (Wildman–Crippen LogP) is 4.00. The van der Waals surface area contributed by atoms with Gasteiger partial charge in [-0.2, -0.15) is 9.40 Å². The van der Waals surface area contributed by atoms with Crippen LogP contribution in [0.15, 0.2) is 53.4 Å². The molecule has 2 aromatic carbocycles. The molecule has 0 spiro atoms. The molecule has 0 unspecified atom stereocenters. The van der Waals surface area contributed by atoms with Crippen LogP contribution in [0.2, 0.25) is 0 Å². The highest BCUT2D eigenvalue weighted by Crippen LogP contribution is 2.27. The molecule has 0 atom stereocenters. The van der Waals surface area contributed by atoms with E-state index in [4.69, 9.17) is 5.10 Å². The lowest BCUT2D eigenvalue weighted by atomic mass is 9.96. The Morgan fingerprint density at radius 1 is 1.06 bits per heavy atom. The molecule has 35 heavy (non-hydrogen) atoms.